The number of carbonyl (C=O) groups is 1. The maximum Gasteiger partial charge on any atom is 0.309 e. The number of hydrogen-bond acceptors (Lipinski definition) is 3. The number of furan rings is 1. The number of nitrogens with zero attached hydrogens (tertiary/aromatic N) is 1. The summed E-state index contributed by atoms with van der Waals surface area (Å²) < 4.78 is 5.35. The van der Waals surface area contributed by atoms with Gasteiger partial charge in [-0.3, -0.25) is 4.79 Å². The Morgan fingerprint density at radius 3 is 2.72 bits per heavy atom. The molecule has 4 nitrogen and oxygen atoms in total. The van der Waals surface area contributed by atoms with Gasteiger partial charge in [0, 0.05) is 12.5 Å². The van der Waals surface area contributed by atoms with Gasteiger partial charge in [0.05, 0.1) is 11.7 Å². The Bertz CT molecular complexity index is 391. The number of carboxylic acids is 1. The van der Waals surface area contributed by atoms with E-state index >= 15 is 0 Å². The normalized spacial score (nSPS) is 21.7. The Balaban J connectivity index is 1.88. The molecule has 0 amide bonds. The summed E-state index contributed by atoms with van der Waals surface area (Å²) in [6.07, 6.45) is 4.03. The number of hydrogen-bond donors (Lipinski definition) is 1. The second-order valence-electron chi connectivity index (χ2n) is 5.53. The van der Waals surface area contributed by atoms with Crippen molar-refractivity contribution in [1.82, 2.24) is 4.90 Å². The highest BCUT2D eigenvalue weighted by atomic mass is 16.4. The lowest BCUT2D eigenvalue weighted by molar-refractivity contribution is -0.151. The minimum absolute atomic E-state index is 0.398. The second-order valence-corrected chi connectivity index (χ2v) is 5.53. The zero-order chi connectivity index (χ0) is 13.2. The van der Waals surface area contributed by atoms with Crippen LogP contribution in [-0.4, -0.2) is 35.1 Å². The second kappa shape index (κ2) is 5.14. The smallest absolute Gasteiger partial charge is 0.309 e. The summed E-state index contributed by atoms with van der Waals surface area (Å²) in [6.45, 7) is 5.73. The van der Waals surface area contributed by atoms with Crippen LogP contribution in [0.1, 0.15) is 32.4 Å². The van der Waals surface area contributed by atoms with Gasteiger partial charge >= 0.3 is 5.97 Å². The lowest BCUT2D eigenvalue weighted by atomic mass is 9.80. The third-order valence-electron chi connectivity index (χ3n) is 4.12. The van der Waals surface area contributed by atoms with Gasteiger partial charge in [0.25, 0.3) is 0 Å². The summed E-state index contributed by atoms with van der Waals surface area (Å²) in [7, 11) is 0. The number of carboxylic acid groups (broad SMARTS) is 1. The van der Waals surface area contributed by atoms with Gasteiger partial charge in [-0.2, -0.15) is 0 Å². The predicted octanol–water partition coefficient (Wildman–Crippen LogP) is 2.40. The zero-order valence-electron chi connectivity index (χ0n) is 11.1. The molecule has 1 saturated heterocycles. The minimum Gasteiger partial charge on any atom is -0.481 e. The number of likely N-dealkylation sites (tertiary alicyclic amines) is 1. The van der Waals surface area contributed by atoms with Crippen LogP contribution >= 0.6 is 0 Å². The van der Waals surface area contributed by atoms with Crippen molar-refractivity contribution in [2.75, 3.05) is 13.1 Å². The third kappa shape index (κ3) is 2.75. The molecular weight excluding hydrogens is 230 g/mol. The molecule has 0 aliphatic carbocycles. The average Bonchev–Trinajstić information content (AvgIpc) is 2.82. The van der Waals surface area contributed by atoms with Crippen molar-refractivity contribution in [3.8, 4) is 0 Å². The van der Waals surface area contributed by atoms with Gasteiger partial charge in [0.1, 0.15) is 5.76 Å². The topological polar surface area (TPSA) is 53.7 Å². The van der Waals surface area contributed by atoms with Crippen LogP contribution in [0, 0.1) is 5.41 Å². The lowest BCUT2D eigenvalue weighted by Crippen LogP contribution is -2.46. The van der Waals surface area contributed by atoms with Crippen LogP contribution in [0.4, 0.5) is 0 Å². The van der Waals surface area contributed by atoms with E-state index in [0.717, 1.165) is 38.1 Å². The van der Waals surface area contributed by atoms with Crippen molar-refractivity contribution in [3.63, 3.8) is 0 Å². The first kappa shape index (κ1) is 13.1. The van der Waals surface area contributed by atoms with Crippen molar-refractivity contribution < 1.29 is 14.3 Å². The van der Waals surface area contributed by atoms with Crippen LogP contribution in [-0.2, 0) is 11.2 Å². The van der Waals surface area contributed by atoms with E-state index in [1.165, 1.54) is 0 Å². The van der Waals surface area contributed by atoms with E-state index in [4.69, 9.17) is 4.42 Å². The molecule has 1 N–H and O–H groups in total. The molecule has 1 aromatic rings. The van der Waals surface area contributed by atoms with E-state index in [0.29, 0.717) is 6.04 Å². The highest BCUT2D eigenvalue weighted by Crippen LogP contribution is 2.32. The van der Waals surface area contributed by atoms with Crippen LogP contribution in [0.25, 0.3) is 0 Å². The molecule has 0 saturated carbocycles. The van der Waals surface area contributed by atoms with E-state index in [1.54, 1.807) is 6.26 Å². The number of aliphatic carboxylic acids is 1. The summed E-state index contributed by atoms with van der Waals surface area (Å²) in [5.41, 5.74) is -0.541. The minimum atomic E-state index is -0.666. The average molecular weight is 251 g/mol. The van der Waals surface area contributed by atoms with Gasteiger partial charge in [0.2, 0.25) is 0 Å². The molecule has 1 aliphatic heterocycles. The Hall–Kier alpha value is -1.29. The van der Waals surface area contributed by atoms with Crippen molar-refractivity contribution in [2.45, 2.75) is 39.2 Å². The highest BCUT2D eigenvalue weighted by Gasteiger charge is 2.37. The molecule has 18 heavy (non-hydrogen) atoms. The molecule has 4 heteroatoms. The Kier molecular flexibility index (Phi) is 3.76. The van der Waals surface area contributed by atoms with E-state index < -0.39 is 11.4 Å². The predicted molar refractivity (Wildman–Crippen MR) is 68.4 cm³/mol. The first-order valence-corrected chi connectivity index (χ1v) is 6.51. The molecule has 1 aromatic heterocycles. The van der Waals surface area contributed by atoms with Crippen molar-refractivity contribution in [1.29, 1.82) is 0 Å². The summed E-state index contributed by atoms with van der Waals surface area (Å²) in [6, 6.07) is 4.29. The van der Waals surface area contributed by atoms with Gasteiger partial charge in [-0.25, -0.2) is 0 Å². The molecule has 0 bridgehead atoms. The quantitative estimate of drug-likeness (QED) is 0.892. The number of piperidine rings is 1. The lowest BCUT2D eigenvalue weighted by Gasteiger charge is -2.39. The first-order valence-electron chi connectivity index (χ1n) is 6.51. The fraction of sp³-hybridized carbons (Fsp3) is 0.643. The van der Waals surface area contributed by atoms with Crippen LogP contribution in [0.5, 0.6) is 0 Å². The van der Waals surface area contributed by atoms with Crippen molar-refractivity contribution in [3.05, 3.63) is 24.2 Å². The van der Waals surface area contributed by atoms with E-state index in [-0.39, 0.29) is 0 Å². The van der Waals surface area contributed by atoms with E-state index in [1.807, 2.05) is 19.1 Å². The van der Waals surface area contributed by atoms with Crippen LogP contribution in [0.3, 0.4) is 0 Å². The maximum absolute atomic E-state index is 11.2. The SMILES string of the molecule is CC(Cc1ccco1)N1CCC(C)(C(=O)O)CC1. The Morgan fingerprint density at radius 1 is 1.56 bits per heavy atom. The van der Waals surface area contributed by atoms with Crippen LogP contribution in [0.2, 0.25) is 0 Å². The standard InChI is InChI=1S/C14H21NO3/c1-11(10-12-4-3-9-18-12)15-7-5-14(2,6-8-15)13(16)17/h3-4,9,11H,5-8,10H2,1-2H3,(H,16,17). The molecule has 1 aliphatic rings. The molecule has 1 fully saturated rings. The Labute approximate surface area is 108 Å². The van der Waals surface area contributed by atoms with E-state index in [2.05, 4.69) is 11.8 Å². The van der Waals surface area contributed by atoms with Crippen molar-refractivity contribution >= 4 is 5.97 Å². The number of rotatable bonds is 4. The third-order valence-corrected chi connectivity index (χ3v) is 4.12. The fourth-order valence-corrected chi connectivity index (χ4v) is 2.52. The maximum atomic E-state index is 11.2. The summed E-state index contributed by atoms with van der Waals surface area (Å²) >= 11 is 0. The molecule has 1 atom stereocenters. The molecule has 2 heterocycles. The molecular formula is C14H21NO3. The summed E-state index contributed by atoms with van der Waals surface area (Å²) in [5, 5.41) is 9.20. The molecule has 100 valence electrons. The highest BCUT2D eigenvalue weighted by molar-refractivity contribution is 5.74. The van der Waals surface area contributed by atoms with Crippen LogP contribution < -0.4 is 0 Å². The molecule has 2 rings (SSSR count). The van der Waals surface area contributed by atoms with Crippen LogP contribution in [0.15, 0.2) is 22.8 Å². The van der Waals surface area contributed by atoms with Crippen molar-refractivity contribution in [2.24, 2.45) is 5.41 Å². The molecule has 0 aromatic carbocycles. The molecule has 0 spiro atoms. The first-order chi connectivity index (χ1) is 8.51. The largest absolute Gasteiger partial charge is 0.481 e. The van der Waals surface area contributed by atoms with Gasteiger partial charge in [-0.05, 0) is 51.9 Å². The summed E-state index contributed by atoms with van der Waals surface area (Å²) in [4.78, 5) is 13.5. The van der Waals surface area contributed by atoms with Gasteiger partial charge < -0.3 is 14.4 Å². The Morgan fingerprint density at radius 2 is 2.22 bits per heavy atom. The van der Waals surface area contributed by atoms with E-state index in [9.17, 15) is 9.90 Å². The monoisotopic (exact) mass is 251 g/mol. The summed E-state index contributed by atoms with van der Waals surface area (Å²) in [5.74, 6) is 0.329. The van der Waals surface area contributed by atoms with Gasteiger partial charge in [-0.15, -0.1) is 0 Å². The molecule has 0 radical (unpaired) electrons. The fourth-order valence-electron chi connectivity index (χ4n) is 2.52. The molecule has 1 unspecified atom stereocenters. The van der Waals surface area contributed by atoms with Gasteiger partial charge in [-0.1, -0.05) is 0 Å². The van der Waals surface area contributed by atoms with Gasteiger partial charge in [0.15, 0.2) is 0 Å². The zero-order valence-corrected chi connectivity index (χ0v) is 11.1.